The average Bonchev–Trinajstić information content (AvgIpc) is 2.42. The van der Waals surface area contributed by atoms with E-state index in [1.165, 1.54) is 0 Å². The summed E-state index contributed by atoms with van der Waals surface area (Å²) >= 11 is 0. The van der Waals surface area contributed by atoms with Crippen molar-refractivity contribution in [3.8, 4) is 0 Å². The largest absolute Gasteiger partial charge is 0.370 e. The number of fused-ring (bicyclic) bond motifs is 1. The molecule has 4 nitrogen and oxygen atoms in total. The van der Waals surface area contributed by atoms with Gasteiger partial charge in [0.1, 0.15) is 0 Å². The molecular weight excluding hydrogens is 238 g/mol. The molecule has 2 rings (SSSR count). The molecule has 100 valence electrons. The minimum absolute atomic E-state index is 0.0731. The summed E-state index contributed by atoms with van der Waals surface area (Å²) in [4.78, 5) is 15.5. The Morgan fingerprint density at radius 2 is 2.16 bits per heavy atom. The zero-order valence-electron chi connectivity index (χ0n) is 11.1. The number of primary amides is 1. The molecule has 0 aliphatic carbocycles. The van der Waals surface area contributed by atoms with Gasteiger partial charge >= 0.3 is 0 Å². The third-order valence-electron chi connectivity index (χ3n) is 3.12. The number of benzene rings is 1. The van der Waals surface area contributed by atoms with E-state index in [4.69, 9.17) is 5.73 Å². The van der Waals surface area contributed by atoms with Crippen LogP contribution in [0.1, 0.15) is 31.4 Å². The number of amides is 1. The van der Waals surface area contributed by atoms with Crippen LogP contribution in [0.5, 0.6) is 0 Å². The van der Waals surface area contributed by atoms with Crippen LogP contribution in [0.4, 0.5) is 0 Å². The molecule has 0 fully saturated rings. The standard InChI is InChI=1S/C15H19N3O/c1-2-7-18-14(8-15(16)19)13-10-17-9-11-5-3-4-6-12(11)13/h3-6,9-10,14,18H,2,7-8H2,1H3,(H2,16,19). The number of nitrogens with two attached hydrogens (primary N) is 1. The van der Waals surface area contributed by atoms with E-state index in [2.05, 4.69) is 17.2 Å². The van der Waals surface area contributed by atoms with Crippen molar-refractivity contribution >= 4 is 16.7 Å². The van der Waals surface area contributed by atoms with E-state index in [9.17, 15) is 4.79 Å². The minimum Gasteiger partial charge on any atom is -0.370 e. The lowest BCUT2D eigenvalue weighted by Crippen LogP contribution is -2.27. The van der Waals surface area contributed by atoms with Gasteiger partial charge in [-0.05, 0) is 23.9 Å². The van der Waals surface area contributed by atoms with Crippen LogP contribution in [0.25, 0.3) is 10.8 Å². The maximum absolute atomic E-state index is 11.2. The van der Waals surface area contributed by atoms with E-state index in [-0.39, 0.29) is 18.4 Å². The van der Waals surface area contributed by atoms with Gasteiger partial charge < -0.3 is 11.1 Å². The number of aromatic nitrogens is 1. The lowest BCUT2D eigenvalue weighted by Gasteiger charge is -2.19. The molecule has 1 aromatic carbocycles. The Bertz CT molecular complexity index is 563. The average molecular weight is 257 g/mol. The number of nitrogens with zero attached hydrogens (tertiary/aromatic N) is 1. The van der Waals surface area contributed by atoms with Gasteiger partial charge in [0.2, 0.25) is 5.91 Å². The highest BCUT2D eigenvalue weighted by Crippen LogP contribution is 2.25. The Morgan fingerprint density at radius 1 is 1.37 bits per heavy atom. The molecule has 2 aromatic rings. The third-order valence-corrected chi connectivity index (χ3v) is 3.12. The Labute approximate surface area is 113 Å². The van der Waals surface area contributed by atoms with E-state index in [1.54, 1.807) is 0 Å². The van der Waals surface area contributed by atoms with Crippen molar-refractivity contribution < 1.29 is 4.79 Å². The monoisotopic (exact) mass is 257 g/mol. The molecule has 0 aliphatic heterocycles. The summed E-state index contributed by atoms with van der Waals surface area (Å²) in [6.45, 7) is 2.94. The third kappa shape index (κ3) is 3.29. The first-order valence-electron chi connectivity index (χ1n) is 6.56. The van der Waals surface area contributed by atoms with Gasteiger partial charge in [0.15, 0.2) is 0 Å². The second-order valence-electron chi connectivity index (χ2n) is 4.63. The Kier molecular flexibility index (Phi) is 4.47. The van der Waals surface area contributed by atoms with Crippen LogP contribution in [0.15, 0.2) is 36.7 Å². The predicted molar refractivity (Wildman–Crippen MR) is 76.6 cm³/mol. The van der Waals surface area contributed by atoms with Crippen LogP contribution in [0.2, 0.25) is 0 Å². The summed E-state index contributed by atoms with van der Waals surface area (Å²) in [7, 11) is 0. The van der Waals surface area contributed by atoms with Crippen molar-refractivity contribution in [3.05, 3.63) is 42.2 Å². The first-order chi connectivity index (χ1) is 9.22. The highest BCUT2D eigenvalue weighted by atomic mass is 16.1. The van der Waals surface area contributed by atoms with Crippen LogP contribution in [-0.4, -0.2) is 17.4 Å². The number of nitrogens with one attached hydrogen (secondary N) is 1. The number of rotatable bonds is 6. The second-order valence-corrected chi connectivity index (χ2v) is 4.63. The van der Waals surface area contributed by atoms with Gasteiger partial charge in [-0.15, -0.1) is 0 Å². The molecular formula is C15H19N3O. The molecule has 19 heavy (non-hydrogen) atoms. The summed E-state index contributed by atoms with van der Waals surface area (Å²) in [6, 6.07) is 7.97. The molecule has 1 amide bonds. The number of hydrogen-bond donors (Lipinski definition) is 2. The van der Waals surface area contributed by atoms with Gasteiger partial charge in [-0.2, -0.15) is 0 Å². The fourth-order valence-corrected chi connectivity index (χ4v) is 2.23. The SMILES string of the molecule is CCCNC(CC(N)=O)c1cncc2ccccc12. The summed E-state index contributed by atoms with van der Waals surface area (Å²) in [5.74, 6) is -0.304. The maximum atomic E-state index is 11.2. The van der Waals surface area contributed by atoms with E-state index >= 15 is 0 Å². The van der Waals surface area contributed by atoms with Crippen molar-refractivity contribution in [1.82, 2.24) is 10.3 Å². The lowest BCUT2D eigenvalue weighted by molar-refractivity contribution is -0.118. The smallest absolute Gasteiger partial charge is 0.219 e. The Morgan fingerprint density at radius 3 is 2.89 bits per heavy atom. The molecule has 1 atom stereocenters. The number of pyridine rings is 1. The fraction of sp³-hybridized carbons (Fsp3) is 0.333. The van der Waals surface area contributed by atoms with E-state index in [0.29, 0.717) is 0 Å². The van der Waals surface area contributed by atoms with Gasteiger partial charge in [-0.1, -0.05) is 31.2 Å². The van der Waals surface area contributed by atoms with Crippen molar-refractivity contribution in [3.63, 3.8) is 0 Å². The minimum atomic E-state index is -0.304. The normalized spacial score (nSPS) is 12.5. The Balaban J connectivity index is 2.39. The van der Waals surface area contributed by atoms with Crippen LogP contribution in [0, 0.1) is 0 Å². The van der Waals surface area contributed by atoms with Crippen molar-refractivity contribution in [1.29, 1.82) is 0 Å². The van der Waals surface area contributed by atoms with Crippen LogP contribution >= 0.6 is 0 Å². The van der Waals surface area contributed by atoms with Crippen LogP contribution in [-0.2, 0) is 4.79 Å². The molecule has 1 unspecified atom stereocenters. The fourth-order valence-electron chi connectivity index (χ4n) is 2.23. The van der Waals surface area contributed by atoms with Gasteiger partial charge in [0.25, 0.3) is 0 Å². The van der Waals surface area contributed by atoms with Crippen molar-refractivity contribution in [2.24, 2.45) is 5.73 Å². The lowest BCUT2D eigenvalue weighted by atomic mass is 9.99. The molecule has 1 heterocycles. The quantitative estimate of drug-likeness (QED) is 0.833. The zero-order chi connectivity index (χ0) is 13.7. The van der Waals surface area contributed by atoms with Crippen LogP contribution in [0.3, 0.4) is 0 Å². The molecule has 0 saturated heterocycles. The first-order valence-corrected chi connectivity index (χ1v) is 6.56. The van der Waals surface area contributed by atoms with Crippen LogP contribution < -0.4 is 11.1 Å². The van der Waals surface area contributed by atoms with Gasteiger partial charge in [-0.25, -0.2) is 0 Å². The predicted octanol–water partition coefficient (Wildman–Crippen LogP) is 2.15. The van der Waals surface area contributed by atoms with Gasteiger partial charge in [-0.3, -0.25) is 9.78 Å². The second kappa shape index (κ2) is 6.29. The molecule has 4 heteroatoms. The van der Waals surface area contributed by atoms with E-state index < -0.39 is 0 Å². The summed E-state index contributed by atoms with van der Waals surface area (Å²) in [5.41, 5.74) is 6.38. The zero-order valence-corrected chi connectivity index (χ0v) is 11.1. The number of carbonyl (C=O) groups excluding carboxylic acids is 1. The molecule has 0 radical (unpaired) electrons. The molecule has 0 bridgehead atoms. The van der Waals surface area contributed by atoms with Crippen molar-refractivity contribution in [2.45, 2.75) is 25.8 Å². The molecule has 0 saturated carbocycles. The molecule has 3 N–H and O–H groups in total. The van der Waals surface area contributed by atoms with Gasteiger partial charge in [0.05, 0.1) is 0 Å². The highest BCUT2D eigenvalue weighted by Gasteiger charge is 2.16. The number of hydrogen-bond acceptors (Lipinski definition) is 3. The summed E-state index contributed by atoms with van der Waals surface area (Å²) in [6.07, 6.45) is 4.95. The van der Waals surface area contributed by atoms with E-state index in [1.807, 2.05) is 36.7 Å². The van der Waals surface area contributed by atoms with Crippen molar-refractivity contribution in [2.75, 3.05) is 6.54 Å². The molecule has 0 aliphatic rings. The van der Waals surface area contributed by atoms with E-state index in [0.717, 1.165) is 29.3 Å². The summed E-state index contributed by atoms with van der Waals surface area (Å²) in [5, 5.41) is 5.56. The van der Waals surface area contributed by atoms with Gasteiger partial charge in [0, 0.05) is 30.2 Å². The number of carbonyl (C=O) groups is 1. The maximum Gasteiger partial charge on any atom is 0.219 e. The first kappa shape index (κ1) is 13.5. The highest BCUT2D eigenvalue weighted by molar-refractivity contribution is 5.86. The Hall–Kier alpha value is -1.94. The molecule has 0 spiro atoms. The molecule has 1 aromatic heterocycles. The summed E-state index contributed by atoms with van der Waals surface area (Å²) < 4.78 is 0. The topological polar surface area (TPSA) is 68.0 Å².